The molecule has 2 saturated heterocycles. The van der Waals surface area contributed by atoms with Crippen LogP contribution in [0.1, 0.15) is 26.7 Å². The normalized spacial score (nSPS) is 34.6. The van der Waals surface area contributed by atoms with E-state index >= 15 is 0 Å². The van der Waals surface area contributed by atoms with Crippen LogP contribution in [0.5, 0.6) is 0 Å². The van der Waals surface area contributed by atoms with Crippen LogP contribution in [0.25, 0.3) is 0 Å². The van der Waals surface area contributed by atoms with Crippen LogP contribution < -0.4 is 16.8 Å². The fourth-order valence-corrected chi connectivity index (χ4v) is 3.43. The second-order valence-electron chi connectivity index (χ2n) is 6.60. The lowest BCUT2D eigenvalue weighted by atomic mass is 10.1. The molecule has 5 N–H and O–H groups in total. The van der Waals surface area contributed by atoms with Crippen LogP contribution in [0.4, 0.5) is 0 Å². The van der Waals surface area contributed by atoms with Gasteiger partial charge in [0.2, 0.25) is 0 Å². The van der Waals surface area contributed by atoms with Gasteiger partial charge in [-0.2, -0.15) is 0 Å². The Morgan fingerprint density at radius 2 is 2.05 bits per heavy atom. The summed E-state index contributed by atoms with van der Waals surface area (Å²) in [4.78, 5) is 9.42. The second kappa shape index (κ2) is 6.06. The quantitative estimate of drug-likeness (QED) is 0.657. The van der Waals surface area contributed by atoms with E-state index in [9.17, 15) is 0 Å². The predicted molar refractivity (Wildman–Crippen MR) is 87.0 cm³/mol. The molecular formula is C15H28N6O. The average Bonchev–Trinajstić information content (AvgIpc) is 2.98. The highest BCUT2D eigenvalue weighted by Crippen LogP contribution is 2.22. The van der Waals surface area contributed by atoms with Gasteiger partial charge in [-0.3, -0.25) is 9.80 Å². The third-order valence-electron chi connectivity index (χ3n) is 4.97. The standard InChI is InChI=1S/C15H28N6O/c1-11-13(16)18-15(2,19-14(11)17)21-7-5-20(6-8-21)10-12-4-3-9-22-12/h12,18H,3-10,16H2,1-2H3,(H2,17,19). The SMILES string of the molecule is CC1=C(N)NC(C)(N2CCN(CC3CCCO3)CC2)N=C1N. The fraction of sp³-hybridized carbons (Fsp3) is 0.800. The molecule has 22 heavy (non-hydrogen) atoms. The van der Waals surface area contributed by atoms with Crippen molar-refractivity contribution in [1.29, 1.82) is 0 Å². The maximum atomic E-state index is 6.04. The predicted octanol–water partition coefficient (Wildman–Crippen LogP) is -0.393. The summed E-state index contributed by atoms with van der Waals surface area (Å²) in [7, 11) is 0. The number of ether oxygens (including phenoxy) is 1. The van der Waals surface area contributed by atoms with Crippen molar-refractivity contribution >= 4 is 5.84 Å². The molecule has 0 aromatic rings. The Hall–Kier alpha value is -1.31. The Kier molecular flexibility index (Phi) is 4.29. The van der Waals surface area contributed by atoms with Gasteiger partial charge in [0, 0.05) is 44.9 Å². The monoisotopic (exact) mass is 308 g/mol. The van der Waals surface area contributed by atoms with Crippen molar-refractivity contribution in [1.82, 2.24) is 15.1 Å². The maximum absolute atomic E-state index is 6.04. The molecule has 7 nitrogen and oxygen atoms in total. The number of nitrogens with two attached hydrogens (primary N) is 2. The molecule has 0 saturated carbocycles. The highest BCUT2D eigenvalue weighted by atomic mass is 16.5. The summed E-state index contributed by atoms with van der Waals surface area (Å²) in [6.07, 6.45) is 2.82. The number of nitrogens with zero attached hydrogens (tertiary/aromatic N) is 3. The minimum Gasteiger partial charge on any atom is -0.385 e. The van der Waals surface area contributed by atoms with Gasteiger partial charge in [0.1, 0.15) is 11.7 Å². The third-order valence-corrected chi connectivity index (χ3v) is 4.97. The largest absolute Gasteiger partial charge is 0.385 e. The summed E-state index contributed by atoms with van der Waals surface area (Å²) in [6.45, 7) is 9.83. The maximum Gasteiger partial charge on any atom is 0.187 e. The van der Waals surface area contributed by atoms with Gasteiger partial charge < -0.3 is 21.5 Å². The van der Waals surface area contributed by atoms with Gasteiger partial charge in [0.05, 0.1) is 6.10 Å². The van der Waals surface area contributed by atoms with E-state index < -0.39 is 5.79 Å². The molecule has 0 aliphatic carbocycles. The molecule has 0 radical (unpaired) electrons. The topological polar surface area (TPSA) is 92.1 Å². The van der Waals surface area contributed by atoms with E-state index in [0.717, 1.165) is 44.9 Å². The summed E-state index contributed by atoms with van der Waals surface area (Å²) in [5, 5.41) is 3.30. The van der Waals surface area contributed by atoms with Gasteiger partial charge in [0.15, 0.2) is 5.79 Å². The molecule has 0 aromatic carbocycles. The molecule has 7 heteroatoms. The molecule has 3 aliphatic heterocycles. The Morgan fingerprint density at radius 3 is 2.64 bits per heavy atom. The minimum atomic E-state index is -0.538. The van der Waals surface area contributed by atoms with Crippen molar-refractivity contribution in [3.63, 3.8) is 0 Å². The van der Waals surface area contributed by atoms with Crippen molar-refractivity contribution in [2.75, 3.05) is 39.3 Å². The van der Waals surface area contributed by atoms with Crippen LogP contribution in [-0.2, 0) is 4.74 Å². The molecule has 0 aromatic heterocycles. The molecule has 3 rings (SSSR count). The highest BCUT2D eigenvalue weighted by molar-refractivity contribution is 5.97. The lowest BCUT2D eigenvalue weighted by Gasteiger charge is -2.46. The zero-order valence-electron chi connectivity index (χ0n) is 13.6. The highest BCUT2D eigenvalue weighted by Gasteiger charge is 2.37. The molecule has 2 fully saturated rings. The van der Waals surface area contributed by atoms with E-state index in [-0.39, 0.29) is 0 Å². The van der Waals surface area contributed by atoms with E-state index in [1.54, 1.807) is 0 Å². The van der Waals surface area contributed by atoms with Crippen LogP contribution in [-0.4, -0.2) is 66.9 Å². The number of nitrogens with one attached hydrogen (secondary N) is 1. The molecule has 0 amide bonds. The first-order valence-corrected chi connectivity index (χ1v) is 8.17. The number of amidine groups is 1. The molecule has 3 heterocycles. The van der Waals surface area contributed by atoms with Crippen molar-refractivity contribution in [3.8, 4) is 0 Å². The molecule has 3 aliphatic rings. The van der Waals surface area contributed by atoms with E-state index in [0.29, 0.717) is 17.8 Å². The van der Waals surface area contributed by atoms with E-state index in [1.165, 1.54) is 12.8 Å². The number of hydrogen-bond donors (Lipinski definition) is 3. The van der Waals surface area contributed by atoms with Crippen LogP contribution in [0.15, 0.2) is 16.4 Å². The zero-order valence-corrected chi connectivity index (χ0v) is 13.6. The van der Waals surface area contributed by atoms with Crippen molar-refractivity contribution in [2.45, 2.75) is 38.6 Å². The van der Waals surface area contributed by atoms with Gasteiger partial charge in [-0.25, -0.2) is 4.99 Å². The van der Waals surface area contributed by atoms with Crippen molar-refractivity contribution in [2.24, 2.45) is 16.5 Å². The van der Waals surface area contributed by atoms with Gasteiger partial charge in [0.25, 0.3) is 0 Å². The molecule has 2 unspecified atom stereocenters. The summed E-state index contributed by atoms with van der Waals surface area (Å²) in [6, 6.07) is 0. The summed E-state index contributed by atoms with van der Waals surface area (Å²) in [5.74, 6) is 0.612. The fourth-order valence-electron chi connectivity index (χ4n) is 3.43. The summed E-state index contributed by atoms with van der Waals surface area (Å²) >= 11 is 0. The first-order chi connectivity index (χ1) is 10.5. The van der Waals surface area contributed by atoms with E-state index in [2.05, 4.69) is 20.1 Å². The number of rotatable bonds is 3. The minimum absolute atomic E-state index is 0.421. The number of hydrogen-bond acceptors (Lipinski definition) is 7. The molecule has 124 valence electrons. The Morgan fingerprint density at radius 1 is 1.32 bits per heavy atom. The van der Waals surface area contributed by atoms with E-state index in [1.807, 2.05) is 13.8 Å². The number of piperazine rings is 1. The van der Waals surface area contributed by atoms with Crippen LogP contribution in [0, 0.1) is 0 Å². The lowest BCUT2D eigenvalue weighted by Crippen LogP contribution is -2.63. The Labute approximate surface area is 132 Å². The van der Waals surface area contributed by atoms with Crippen LogP contribution in [0.2, 0.25) is 0 Å². The molecule has 0 spiro atoms. The van der Waals surface area contributed by atoms with Gasteiger partial charge in [-0.1, -0.05) is 0 Å². The Balaban J connectivity index is 1.57. The molecule has 0 bridgehead atoms. The zero-order chi connectivity index (χ0) is 15.7. The van der Waals surface area contributed by atoms with E-state index in [4.69, 9.17) is 16.2 Å². The third kappa shape index (κ3) is 3.06. The molecular weight excluding hydrogens is 280 g/mol. The second-order valence-corrected chi connectivity index (χ2v) is 6.60. The van der Waals surface area contributed by atoms with Crippen LogP contribution >= 0.6 is 0 Å². The first-order valence-electron chi connectivity index (χ1n) is 8.17. The van der Waals surface area contributed by atoms with Crippen molar-refractivity contribution < 1.29 is 4.74 Å². The van der Waals surface area contributed by atoms with Gasteiger partial charge in [-0.15, -0.1) is 0 Å². The van der Waals surface area contributed by atoms with Gasteiger partial charge in [-0.05, 0) is 26.7 Å². The Bertz CT molecular complexity index is 476. The number of aliphatic imine (C=N–C) groups is 1. The van der Waals surface area contributed by atoms with Crippen molar-refractivity contribution in [3.05, 3.63) is 11.4 Å². The first kappa shape index (κ1) is 15.6. The summed E-state index contributed by atoms with van der Waals surface area (Å²) in [5.41, 5.74) is 12.9. The lowest BCUT2D eigenvalue weighted by molar-refractivity contribution is 0.00857. The molecule has 2 atom stereocenters. The van der Waals surface area contributed by atoms with Gasteiger partial charge >= 0.3 is 0 Å². The summed E-state index contributed by atoms with van der Waals surface area (Å²) < 4.78 is 5.73. The smallest absolute Gasteiger partial charge is 0.187 e. The average molecular weight is 308 g/mol. The van der Waals surface area contributed by atoms with Crippen LogP contribution in [0.3, 0.4) is 0 Å².